The zero-order chi connectivity index (χ0) is 19.5. The molecule has 7 heteroatoms. The molecule has 1 atom stereocenters. The molecule has 3 amide bonds. The second kappa shape index (κ2) is 8.13. The van der Waals surface area contributed by atoms with Crippen molar-refractivity contribution in [1.29, 1.82) is 0 Å². The Hall–Kier alpha value is -2.69. The number of benzene rings is 1. The molecule has 3 N–H and O–H groups in total. The van der Waals surface area contributed by atoms with Crippen molar-refractivity contribution in [2.24, 2.45) is 0 Å². The lowest BCUT2D eigenvalue weighted by atomic mass is 10.0. The van der Waals surface area contributed by atoms with E-state index in [4.69, 9.17) is 0 Å². The molecular formula is C21H24N4O3. The van der Waals surface area contributed by atoms with E-state index in [-0.39, 0.29) is 18.2 Å². The summed E-state index contributed by atoms with van der Waals surface area (Å²) in [6, 6.07) is 5.43. The van der Waals surface area contributed by atoms with Crippen molar-refractivity contribution >= 4 is 17.7 Å². The van der Waals surface area contributed by atoms with Gasteiger partial charge in [0.05, 0.1) is 6.54 Å². The maximum absolute atomic E-state index is 12.8. The van der Waals surface area contributed by atoms with Crippen LogP contribution in [0.2, 0.25) is 0 Å². The number of carbonyl (C=O) groups is 3. The number of fused-ring (bicyclic) bond motifs is 1. The molecule has 0 spiro atoms. The average Bonchev–Trinajstić information content (AvgIpc) is 3.03. The molecule has 1 unspecified atom stereocenters. The van der Waals surface area contributed by atoms with E-state index >= 15 is 0 Å². The van der Waals surface area contributed by atoms with Crippen molar-refractivity contribution in [3.05, 3.63) is 34.9 Å². The molecule has 3 aliphatic rings. The predicted molar refractivity (Wildman–Crippen MR) is 103 cm³/mol. The van der Waals surface area contributed by atoms with Gasteiger partial charge in [-0.3, -0.25) is 19.7 Å². The van der Waals surface area contributed by atoms with Crippen molar-refractivity contribution in [2.75, 3.05) is 19.6 Å². The topological polar surface area (TPSA) is 90.5 Å². The standard InChI is InChI=1S/C21H24N4O3/c26-19-7-6-18(20(27)24-19)25-13-17-14(3-1-5-16(17)21(25)28)4-2-10-23-15-8-11-22-12-9-15/h1,3,5,15,18,22-23H,6-13H2,(H,24,26,27). The first-order valence-electron chi connectivity index (χ1n) is 9.83. The van der Waals surface area contributed by atoms with E-state index in [0.717, 1.165) is 37.1 Å². The molecule has 3 heterocycles. The van der Waals surface area contributed by atoms with Crippen LogP contribution in [0.25, 0.3) is 0 Å². The lowest BCUT2D eigenvalue weighted by Gasteiger charge is -2.29. The second-order valence-electron chi connectivity index (χ2n) is 7.44. The summed E-state index contributed by atoms with van der Waals surface area (Å²) in [5.74, 6) is 5.51. The second-order valence-corrected chi connectivity index (χ2v) is 7.44. The van der Waals surface area contributed by atoms with Crippen LogP contribution in [-0.4, -0.2) is 54.3 Å². The molecule has 3 aliphatic heterocycles. The van der Waals surface area contributed by atoms with Crippen molar-refractivity contribution in [2.45, 2.75) is 44.3 Å². The number of nitrogens with zero attached hydrogens (tertiary/aromatic N) is 1. The summed E-state index contributed by atoms with van der Waals surface area (Å²) in [4.78, 5) is 37.9. The van der Waals surface area contributed by atoms with E-state index in [1.54, 1.807) is 11.0 Å². The fourth-order valence-electron chi connectivity index (χ4n) is 4.06. The van der Waals surface area contributed by atoms with E-state index in [1.807, 2.05) is 12.1 Å². The molecule has 0 bridgehead atoms. The smallest absolute Gasteiger partial charge is 0.255 e. The molecule has 1 aromatic rings. The molecule has 4 rings (SSSR count). The maximum atomic E-state index is 12.8. The Morgan fingerprint density at radius 3 is 2.75 bits per heavy atom. The number of hydrogen-bond acceptors (Lipinski definition) is 5. The third-order valence-corrected chi connectivity index (χ3v) is 5.62. The number of rotatable bonds is 3. The van der Waals surface area contributed by atoms with Crippen molar-refractivity contribution in [3.8, 4) is 11.8 Å². The van der Waals surface area contributed by atoms with Gasteiger partial charge in [0.1, 0.15) is 6.04 Å². The zero-order valence-corrected chi connectivity index (χ0v) is 15.7. The minimum Gasteiger partial charge on any atom is -0.322 e. The van der Waals surface area contributed by atoms with Crippen LogP contribution >= 0.6 is 0 Å². The first-order valence-corrected chi connectivity index (χ1v) is 9.83. The number of piperidine rings is 2. The average molecular weight is 380 g/mol. The van der Waals surface area contributed by atoms with E-state index in [2.05, 4.69) is 27.8 Å². The van der Waals surface area contributed by atoms with Crippen LogP contribution in [0.5, 0.6) is 0 Å². The molecule has 28 heavy (non-hydrogen) atoms. The first-order chi connectivity index (χ1) is 13.6. The number of imide groups is 1. The third kappa shape index (κ3) is 3.79. The van der Waals surface area contributed by atoms with Gasteiger partial charge < -0.3 is 15.5 Å². The zero-order valence-electron chi connectivity index (χ0n) is 15.7. The molecular weight excluding hydrogens is 356 g/mol. The highest BCUT2D eigenvalue weighted by Gasteiger charge is 2.39. The molecule has 0 aromatic heterocycles. The highest BCUT2D eigenvalue weighted by atomic mass is 16.2. The molecule has 0 aliphatic carbocycles. The van der Waals surface area contributed by atoms with Gasteiger partial charge in [0, 0.05) is 30.1 Å². The van der Waals surface area contributed by atoms with Gasteiger partial charge in [-0.1, -0.05) is 17.9 Å². The molecule has 1 aromatic carbocycles. The van der Waals surface area contributed by atoms with Crippen molar-refractivity contribution in [1.82, 2.24) is 20.9 Å². The highest BCUT2D eigenvalue weighted by molar-refractivity contribution is 6.05. The Labute approximate surface area is 164 Å². The SMILES string of the molecule is O=C1CCC(N2Cc3c(C#CCNC4CCNCC4)cccc3C2=O)C(=O)N1. The minimum absolute atomic E-state index is 0.166. The number of hydrogen-bond donors (Lipinski definition) is 3. The largest absolute Gasteiger partial charge is 0.322 e. The van der Waals surface area contributed by atoms with E-state index in [1.165, 1.54) is 0 Å². The monoisotopic (exact) mass is 380 g/mol. The summed E-state index contributed by atoms with van der Waals surface area (Å²) in [7, 11) is 0. The maximum Gasteiger partial charge on any atom is 0.255 e. The number of amides is 3. The summed E-state index contributed by atoms with van der Waals surface area (Å²) in [5, 5.41) is 9.13. The summed E-state index contributed by atoms with van der Waals surface area (Å²) in [6.07, 6.45) is 2.84. The Kier molecular flexibility index (Phi) is 5.42. The molecule has 0 radical (unpaired) electrons. The fraction of sp³-hybridized carbons (Fsp3) is 0.476. The summed E-state index contributed by atoms with van der Waals surface area (Å²) < 4.78 is 0. The van der Waals surface area contributed by atoms with Crippen molar-refractivity contribution in [3.63, 3.8) is 0 Å². The van der Waals surface area contributed by atoms with E-state index < -0.39 is 11.9 Å². The van der Waals surface area contributed by atoms with Gasteiger partial charge in [-0.2, -0.15) is 0 Å². The molecule has 146 valence electrons. The summed E-state index contributed by atoms with van der Waals surface area (Å²) >= 11 is 0. The predicted octanol–water partition coefficient (Wildman–Crippen LogP) is 0.141. The van der Waals surface area contributed by atoms with Crippen LogP contribution in [0.15, 0.2) is 18.2 Å². The number of nitrogens with one attached hydrogen (secondary N) is 3. The lowest BCUT2D eigenvalue weighted by molar-refractivity contribution is -0.136. The van der Waals surface area contributed by atoms with Crippen LogP contribution in [0.1, 0.15) is 47.2 Å². The van der Waals surface area contributed by atoms with Gasteiger partial charge in [-0.05, 0) is 50.0 Å². The van der Waals surface area contributed by atoms with Crippen LogP contribution in [0, 0.1) is 11.8 Å². The Balaban J connectivity index is 1.45. The van der Waals surface area contributed by atoms with Crippen LogP contribution in [-0.2, 0) is 16.1 Å². The lowest BCUT2D eigenvalue weighted by Crippen LogP contribution is -2.52. The molecule has 2 saturated heterocycles. The Morgan fingerprint density at radius 2 is 1.96 bits per heavy atom. The minimum atomic E-state index is -0.597. The summed E-state index contributed by atoms with van der Waals surface area (Å²) in [6.45, 7) is 3.04. The Morgan fingerprint density at radius 1 is 1.14 bits per heavy atom. The van der Waals surface area contributed by atoms with Gasteiger partial charge in [-0.15, -0.1) is 0 Å². The number of carbonyl (C=O) groups excluding carboxylic acids is 3. The third-order valence-electron chi connectivity index (χ3n) is 5.62. The van der Waals surface area contributed by atoms with E-state index in [9.17, 15) is 14.4 Å². The summed E-state index contributed by atoms with van der Waals surface area (Å²) in [5.41, 5.74) is 2.29. The highest BCUT2D eigenvalue weighted by Crippen LogP contribution is 2.29. The fourth-order valence-corrected chi connectivity index (χ4v) is 4.06. The molecule has 0 saturated carbocycles. The molecule has 2 fully saturated rings. The van der Waals surface area contributed by atoms with Gasteiger partial charge in [0.15, 0.2) is 0 Å². The Bertz CT molecular complexity index is 864. The van der Waals surface area contributed by atoms with Crippen LogP contribution in [0.4, 0.5) is 0 Å². The van der Waals surface area contributed by atoms with Gasteiger partial charge in [0.2, 0.25) is 11.8 Å². The first kappa shape index (κ1) is 18.7. The van der Waals surface area contributed by atoms with Gasteiger partial charge in [-0.25, -0.2) is 0 Å². The normalized spacial score (nSPS) is 22.5. The molecule has 7 nitrogen and oxygen atoms in total. The van der Waals surface area contributed by atoms with E-state index in [0.29, 0.717) is 31.1 Å². The van der Waals surface area contributed by atoms with Crippen LogP contribution < -0.4 is 16.0 Å². The quantitative estimate of drug-likeness (QED) is 0.513. The van der Waals surface area contributed by atoms with Crippen molar-refractivity contribution < 1.29 is 14.4 Å². The van der Waals surface area contributed by atoms with Gasteiger partial charge >= 0.3 is 0 Å². The van der Waals surface area contributed by atoms with Gasteiger partial charge in [0.25, 0.3) is 5.91 Å². The van der Waals surface area contributed by atoms with Crippen LogP contribution in [0.3, 0.4) is 0 Å².